The van der Waals surface area contributed by atoms with E-state index in [1.807, 2.05) is 25.3 Å². The molecule has 0 unspecified atom stereocenters. The third-order valence-corrected chi connectivity index (χ3v) is 4.58. The fourth-order valence-electron chi connectivity index (χ4n) is 2.37. The van der Waals surface area contributed by atoms with Gasteiger partial charge in [-0.1, -0.05) is 13.8 Å². The predicted molar refractivity (Wildman–Crippen MR) is 92.2 cm³/mol. The molecule has 1 aromatic carbocycles. The monoisotopic (exact) mass is 357 g/mol. The Morgan fingerprint density at radius 2 is 2.04 bits per heavy atom. The second kappa shape index (κ2) is 6.21. The number of aromatic nitrogens is 2. The molecule has 1 amide bonds. The normalized spacial score (nSPS) is 12.6. The second-order valence-corrected chi connectivity index (χ2v) is 6.70. The van der Waals surface area contributed by atoms with Crippen molar-refractivity contribution in [3.63, 3.8) is 0 Å². The zero-order chi connectivity index (χ0) is 17.4. The largest absolute Gasteiger partial charge is 0.454 e. The Kier molecular flexibility index (Phi) is 3.89. The number of benzene rings is 1. The first kappa shape index (κ1) is 15.6. The van der Waals surface area contributed by atoms with Gasteiger partial charge in [-0.3, -0.25) is 4.79 Å². The maximum absolute atomic E-state index is 12.5. The number of hydrogen-bond donors (Lipinski definition) is 1. The Balaban J connectivity index is 1.57. The minimum atomic E-state index is -0.249. The Labute approximate surface area is 147 Å². The van der Waals surface area contributed by atoms with Gasteiger partial charge in [-0.15, -0.1) is 21.5 Å². The van der Waals surface area contributed by atoms with Gasteiger partial charge in [0.1, 0.15) is 4.88 Å². The lowest BCUT2D eigenvalue weighted by atomic mass is 10.2. The predicted octanol–water partition coefficient (Wildman–Crippen LogP) is 3.90. The van der Waals surface area contributed by atoms with Gasteiger partial charge in [0, 0.05) is 11.5 Å². The van der Waals surface area contributed by atoms with Crippen molar-refractivity contribution in [1.82, 2.24) is 10.2 Å². The van der Waals surface area contributed by atoms with Crippen LogP contribution in [0.3, 0.4) is 0 Å². The molecule has 0 saturated carbocycles. The topological polar surface area (TPSA) is 86.5 Å². The van der Waals surface area contributed by atoms with Gasteiger partial charge in [-0.05, 0) is 29.6 Å². The highest BCUT2D eigenvalue weighted by Gasteiger charge is 2.20. The molecule has 0 saturated heterocycles. The molecule has 1 N–H and O–H groups in total. The number of rotatable bonds is 4. The molecule has 0 bridgehead atoms. The third kappa shape index (κ3) is 2.96. The molecule has 1 aliphatic rings. The van der Waals surface area contributed by atoms with Crippen molar-refractivity contribution < 1.29 is 18.7 Å². The van der Waals surface area contributed by atoms with E-state index in [4.69, 9.17) is 13.9 Å². The molecule has 128 valence electrons. The van der Waals surface area contributed by atoms with Gasteiger partial charge >= 0.3 is 0 Å². The Bertz CT molecular complexity index is 932. The number of ether oxygens (including phenoxy) is 2. The highest BCUT2D eigenvalue weighted by Crippen LogP contribution is 2.35. The first-order valence-electron chi connectivity index (χ1n) is 7.74. The van der Waals surface area contributed by atoms with Crippen molar-refractivity contribution in [1.29, 1.82) is 0 Å². The number of anilines is 1. The van der Waals surface area contributed by atoms with Crippen LogP contribution in [0.4, 0.5) is 5.69 Å². The minimum absolute atomic E-state index is 0.146. The first-order valence-corrected chi connectivity index (χ1v) is 8.62. The van der Waals surface area contributed by atoms with E-state index < -0.39 is 0 Å². The lowest BCUT2D eigenvalue weighted by Crippen LogP contribution is -2.11. The average molecular weight is 357 g/mol. The van der Waals surface area contributed by atoms with Crippen LogP contribution in [0.5, 0.6) is 11.5 Å². The zero-order valence-corrected chi connectivity index (χ0v) is 14.4. The molecule has 2 aromatic heterocycles. The molecule has 0 fully saturated rings. The van der Waals surface area contributed by atoms with Crippen LogP contribution in [0, 0.1) is 0 Å². The number of fused-ring (bicyclic) bond motifs is 1. The number of nitrogens with zero attached hydrogens (tertiary/aromatic N) is 2. The first-order chi connectivity index (χ1) is 12.1. The minimum Gasteiger partial charge on any atom is -0.454 e. The molecule has 7 nitrogen and oxygen atoms in total. The van der Waals surface area contributed by atoms with E-state index in [1.165, 1.54) is 11.3 Å². The summed E-state index contributed by atoms with van der Waals surface area (Å²) in [4.78, 5) is 13.3. The van der Waals surface area contributed by atoms with Crippen molar-refractivity contribution in [3.8, 4) is 22.3 Å². The maximum atomic E-state index is 12.5. The van der Waals surface area contributed by atoms with Crippen molar-refractivity contribution in [3.05, 3.63) is 41.1 Å². The van der Waals surface area contributed by atoms with E-state index in [1.54, 1.807) is 18.2 Å². The summed E-state index contributed by atoms with van der Waals surface area (Å²) in [7, 11) is 0. The van der Waals surface area contributed by atoms with E-state index >= 15 is 0 Å². The molecular weight excluding hydrogens is 342 g/mol. The molecule has 1 aliphatic heterocycles. The Morgan fingerprint density at radius 1 is 1.20 bits per heavy atom. The summed E-state index contributed by atoms with van der Waals surface area (Å²) in [5.74, 6) is 2.07. The standard InChI is InChI=1S/C17H15N3O4S/c1-9(2)16-19-20-17(24-16)14-11(5-6-25-14)18-15(21)10-3-4-12-13(7-10)23-8-22-12/h3-7,9H,8H2,1-2H3,(H,18,21). The van der Waals surface area contributed by atoms with Crippen LogP contribution in [0.25, 0.3) is 10.8 Å². The number of carbonyl (C=O) groups is 1. The summed E-state index contributed by atoms with van der Waals surface area (Å²) in [5.41, 5.74) is 1.11. The van der Waals surface area contributed by atoms with E-state index in [9.17, 15) is 4.79 Å². The van der Waals surface area contributed by atoms with Crippen LogP contribution in [0.2, 0.25) is 0 Å². The maximum Gasteiger partial charge on any atom is 0.259 e. The number of thiophene rings is 1. The summed E-state index contributed by atoms with van der Waals surface area (Å²) in [6.45, 7) is 4.13. The van der Waals surface area contributed by atoms with Crippen LogP contribution >= 0.6 is 11.3 Å². The second-order valence-electron chi connectivity index (χ2n) is 5.79. The van der Waals surface area contributed by atoms with E-state index in [-0.39, 0.29) is 18.6 Å². The van der Waals surface area contributed by atoms with Crippen LogP contribution in [0.15, 0.2) is 34.1 Å². The van der Waals surface area contributed by atoms with Gasteiger partial charge in [-0.25, -0.2) is 0 Å². The quantitative estimate of drug-likeness (QED) is 0.762. The van der Waals surface area contributed by atoms with Gasteiger partial charge < -0.3 is 19.2 Å². The van der Waals surface area contributed by atoms with Crippen LogP contribution in [-0.2, 0) is 0 Å². The van der Waals surface area contributed by atoms with Crippen LogP contribution in [-0.4, -0.2) is 22.9 Å². The van der Waals surface area contributed by atoms with E-state index in [2.05, 4.69) is 15.5 Å². The lowest BCUT2D eigenvalue weighted by molar-refractivity contribution is 0.102. The number of hydrogen-bond acceptors (Lipinski definition) is 7. The van der Waals surface area contributed by atoms with Gasteiger partial charge in [0.2, 0.25) is 12.7 Å². The van der Waals surface area contributed by atoms with E-state index in [0.717, 1.165) is 4.88 Å². The summed E-state index contributed by atoms with van der Waals surface area (Å²) in [6.07, 6.45) is 0. The van der Waals surface area contributed by atoms with Gasteiger partial charge in [-0.2, -0.15) is 0 Å². The third-order valence-electron chi connectivity index (χ3n) is 3.68. The molecule has 8 heteroatoms. The van der Waals surface area contributed by atoms with Crippen molar-refractivity contribution in [2.75, 3.05) is 12.1 Å². The zero-order valence-electron chi connectivity index (χ0n) is 13.6. The number of nitrogens with one attached hydrogen (secondary N) is 1. The van der Waals surface area contributed by atoms with Gasteiger partial charge in [0.25, 0.3) is 11.8 Å². The smallest absolute Gasteiger partial charge is 0.259 e. The van der Waals surface area contributed by atoms with E-state index in [0.29, 0.717) is 34.5 Å². The highest BCUT2D eigenvalue weighted by molar-refractivity contribution is 7.14. The highest BCUT2D eigenvalue weighted by atomic mass is 32.1. The van der Waals surface area contributed by atoms with Crippen LogP contribution in [0.1, 0.15) is 36.0 Å². The molecular formula is C17H15N3O4S. The van der Waals surface area contributed by atoms with Crippen molar-refractivity contribution >= 4 is 22.9 Å². The fourth-order valence-corrected chi connectivity index (χ4v) is 3.13. The molecule has 3 heterocycles. The fraction of sp³-hybridized carbons (Fsp3) is 0.235. The number of amides is 1. The summed E-state index contributed by atoms with van der Waals surface area (Å²) < 4.78 is 16.2. The number of carbonyl (C=O) groups excluding carboxylic acids is 1. The summed E-state index contributed by atoms with van der Waals surface area (Å²) in [5, 5.41) is 12.9. The molecule has 3 aromatic rings. The molecule has 0 spiro atoms. The molecule has 0 atom stereocenters. The van der Waals surface area contributed by atoms with Crippen molar-refractivity contribution in [2.24, 2.45) is 0 Å². The Morgan fingerprint density at radius 3 is 2.84 bits per heavy atom. The molecule has 0 radical (unpaired) electrons. The molecule has 0 aliphatic carbocycles. The SMILES string of the molecule is CC(C)c1nnc(-c2sccc2NC(=O)c2ccc3c(c2)OCO3)o1. The molecule has 4 rings (SSSR count). The molecule has 25 heavy (non-hydrogen) atoms. The van der Waals surface area contributed by atoms with Gasteiger partial charge in [0.15, 0.2) is 11.5 Å². The van der Waals surface area contributed by atoms with Crippen molar-refractivity contribution in [2.45, 2.75) is 19.8 Å². The van der Waals surface area contributed by atoms with Gasteiger partial charge in [0.05, 0.1) is 5.69 Å². The summed E-state index contributed by atoms with van der Waals surface area (Å²) in [6, 6.07) is 6.88. The summed E-state index contributed by atoms with van der Waals surface area (Å²) >= 11 is 1.43. The Hall–Kier alpha value is -2.87. The average Bonchev–Trinajstić information content (AvgIpc) is 3.33. The lowest BCUT2D eigenvalue weighted by Gasteiger charge is -2.05. The van der Waals surface area contributed by atoms with Crippen LogP contribution < -0.4 is 14.8 Å².